The smallest absolute Gasteiger partial charge is 0.0420 e. The molecule has 1 aliphatic rings. The number of benzene rings is 1. The van der Waals surface area contributed by atoms with Crippen LogP contribution in [0.2, 0.25) is 0 Å². The van der Waals surface area contributed by atoms with E-state index in [9.17, 15) is 0 Å². The summed E-state index contributed by atoms with van der Waals surface area (Å²) in [5.74, 6) is 1.48. The molecular formula is C16H24BrN. The predicted molar refractivity (Wildman–Crippen MR) is 81.4 cm³/mol. The van der Waals surface area contributed by atoms with Gasteiger partial charge in [-0.15, -0.1) is 0 Å². The van der Waals surface area contributed by atoms with Crippen molar-refractivity contribution in [2.45, 2.75) is 51.5 Å². The molecule has 0 amide bonds. The highest BCUT2D eigenvalue weighted by atomic mass is 79.9. The number of rotatable bonds is 3. The van der Waals surface area contributed by atoms with Crippen LogP contribution in [-0.4, -0.2) is 0 Å². The molecule has 0 spiro atoms. The van der Waals surface area contributed by atoms with Crippen molar-refractivity contribution < 1.29 is 0 Å². The maximum atomic E-state index is 6.70. The second-order valence-electron chi connectivity index (χ2n) is 5.90. The van der Waals surface area contributed by atoms with E-state index in [0.29, 0.717) is 5.92 Å². The van der Waals surface area contributed by atoms with Gasteiger partial charge in [-0.1, -0.05) is 60.3 Å². The van der Waals surface area contributed by atoms with E-state index in [0.717, 1.165) is 10.4 Å². The van der Waals surface area contributed by atoms with Crippen molar-refractivity contribution in [1.29, 1.82) is 0 Å². The lowest BCUT2D eigenvalue weighted by Crippen LogP contribution is -2.43. The van der Waals surface area contributed by atoms with Crippen LogP contribution in [0.3, 0.4) is 0 Å². The van der Waals surface area contributed by atoms with Gasteiger partial charge in [0.2, 0.25) is 0 Å². The summed E-state index contributed by atoms with van der Waals surface area (Å²) in [6.07, 6.45) is 6.57. The molecular weight excluding hydrogens is 286 g/mol. The molecule has 1 aliphatic carbocycles. The van der Waals surface area contributed by atoms with Gasteiger partial charge in [-0.25, -0.2) is 0 Å². The molecule has 0 heterocycles. The highest BCUT2D eigenvalue weighted by molar-refractivity contribution is 9.10. The quantitative estimate of drug-likeness (QED) is 0.849. The van der Waals surface area contributed by atoms with Crippen LogP contribution >= 0.6 is 15.9 Å². The van der Waals surface area contributed by atoms with E-state index >= 15 is 0 Å². The molecule has 0 bridgehead atoms. The Morgan fingerprint density at radius 1 is 1.33 bits per heavy atom. The van der Waals surface area contributed by atoms with Crippen LogP contribution in [0, 0.1) is 11.8 Å². The summed E-state index contributed by atoms with van der Waals surface area (Å²) in [6.45, 7) is 4.51. The Labute approximate surface area is 119 Å². The molecule has 1 saturated carbocycles. The molecule has 3 unspecified atom stereocenters. The zero-order valence-electron chi connectivity index (χ0n) is 11.5. The summed E-state index contributed by atoms with van der Waals surface area (Å²) in [6, 6.07) is 8.41. The highest BCUT2D eigenvalue weighted by Crippen LogP contribution is 2.42. The van der Waals surface area contributed by atoms with Crippen molar-refractivity contribution in [2.75, 3.05) is 0 Å². The minimum absolute atomic E-state index is 0.214. The summed E-state index contributed by atoms with van der Waals surface area (Å²) < 4.78 is 1.15. The molecule has 18 heavy (non-hydrogen) atoms. The highest BCUT2D eigenvalue weighted by Gasteiger charge is 2.36. The van der Waals surface area contributed by atoms with Gasteiger partial charge in [0.05, 0.1) is 0 Å². The average Bonchev–Trinajstić information content (AvgIpc) is 2.39. The molecule has 3 atom stereocenters. The molecule has 1 aromatic carbocycles. The zero-order valence-corrected chi connectivity index (χ0v) is 13.0. The fourth-order valence-electron chi connectivity index (χ4n) is 3.32. The molecule has 1 nitrogen and oxygen atoms in total. The van der Waals surface area contributed by atoms with Crippen molar-refractivity contribution >= 4 is 15.9 Å². The molecule has 0 saturated heterocycles. The third kappa shape index (κ3) is 2.80. The van der Waals surface area contributed by atoms with E-state index in [1.165, 1.54) is 37.7 Å². The molecule has 1 aromatic rings. The van der Waals surface area contributed by atoms with Gasteiger partial charge in [-0.3, -0.25) is 0 Å². The summed E-state index contributed by atoms with van der Waals surface area (Å²) in [5.41, 5.74) is 7.74. The van der Waals surface area contributed by atoms with E-state index in [1.807, 2.05) is 0 Å². The van der Waals surface area contributed by atoms with Gasteiger partial charge < -0.3 is 5.73 Å². The fraction of sp³-hybridized carbons (Fsp3) is 0.625. The summed E-state index contributed by atoms with van der Waals surface area (Å²) in [4.78, 5) is 0. The van der Waals surface area contributed by atoms with E-state index in [1.54, 1.807) is 0 Å². The first-order valence-corrected chi connectivity index (χ1v) is 7.89. The largest absolute Gasteiger partial charge is 0.321 e. The minimum Gasteiger partial charge on any atom is -0.321 e. The molecule has 0 radical (unpaired) electrons. The van der Waals surface area contributed by atoms with E-state index in [4.69, 9.17) is 5.73 Å². The number of hydrogen-bond acceptors (Lipinski definition) is 1. The third-order valence-corrected chi connectivity index (χ3v) is 5.35. The third-order valence-electron chi connectivity index (χ3n) is 4.66. The van der Waals surface area contributed by atoms with Crippen molar-refractivity contribution in [3.8, 4) is 0 Å². The SMILES string of the molecule is CCC1CCCC(C(C)(N)c2ccccc2Br)C1. The average molecular weight is 310 g/mol. The summed E-state index contributed by atoms with van der Waals surface area (Å²) in [5, 5.41) is 0. The Balaban J connectivity index is 2.22. The van der Waals surface area contributed by atoms with Crippen LogP contribution < -0.4 is 5.73 Å². The molecule has 2 heteroatoms. The van der Waals surface area contributed by atoms with E-state index in [-0.39, 0.29) is 5.54 Å². The van der Waals surface area contributed by atoms with E-state index < -0.39 is 0 Å². The van der Waals surface area contributed by atoms with Crippen LogP contribution in [0.4, 0.5) is 0 Å². The Morgan fingerprint density at radius 3 is 2.72 bits per heavy atom. The van der Waals surface area contributed by atoms with Crippen LogP contribution in [-0.2, 0) is 5.54 Å². The first-order valence-electron chi connectivity index (χ1n) is 7.09. The number of halogens is 1. The van der Waals surface area contributed by atoms with Crippen molar-refractivity contribution in [2.24, 2.45) is 17.6 Å². The summed E-state index contributed by atoms with van der Waals surface area (Å²) >= 11 is 3.65. The van der Waals surface area contributed by atoms with Gasteiger partial charge in [-0.05, 0) is 43.2 Å². The monoisotopic (exact) mass is 309 g/mol. The minimum atomic E-state index is -0.214. The van der Waals surface area contributed by atoms with Gasteiger partial charge in [0.15, 0.2) is 0 Å². The van der Waals surface area contributed by atoms with Gasteiger partial charge in [0.25, 0.3) is 0 Å². The fourth-order valence-corrected chi connectivity index (χ4v) is 4.04. The molecule has 1 fully saturated rings. The van der Waals surface area contributed by atoms with Gasteiger partial charge in [-0.2, -0.15) is 0 Å². The van der Waals surface area contributed by atoms with Crippen molar-refractivity contribution in [1.82, 2.24) is 0 Å². The Kier molecular flexibility index (Phi) is 4.50. The molecule has 100 valence electrons. The normalized spacial score (nSPS) is 27.8. The molecule has 0 aliphatic heterocycles. The second-order valence-corrected chi connectivity index (χ2v) is 6.75. The van der Waals surface area contributed by atoms with Crippen LogP contribution in [0.1, 0.15) is 51.5 Å². The van der Waals surface area contributed by atoms with Gasteiger partial charge in [0, 0.05) is 10.0 Å². The van der Waals surface area contributed by atoms with Crippen LogP contribution in [0.15, 0.2) is 28.7 Å². The second kappa shape index (κ2) is 5.75. The lowest BCUT2D eigenvalue weighted by molar-refractivity contribution is 0.173. The molecule has 0 aromatic heterocycles. The van der Waals surface area contributed by atoms with Crippen LogP contribution in [0.5, 0.6) is 0 Å². The lowest BCUT2D eigenvalue weighted by atomic mass is 9.69. The van der Waals surface area contributed by atoms with Crippen molar-refractivity contribution in [3.05, 3.63) is 34.3 Å². The predicted octanol–water partition coefficient (Wildman–Crippen LogP) is 4.84. The standard InChI is InChI=1S/C16H24BrN/c1-3-12-7-6-8-13(11-12)16(2,18)14-9-4-5-10-15(14)17/h4-5,9-10,12-13H,3,6-8,11,18H2,1-2H3. The molecule has 2 N–H and O–H groups in total. The van der Waals surface area contributed by atoms with E-state index in [2.05, 4.69) is 54.0 Å². The Bertz CT molecular complexity index is 400. The lowest BCUT2D eigenvalue weighted by Gasteiger charge is -2.40. The Morgan fingerprint density at radius 2 is 2.06 bits per heavy atom. The number of nitrogens with two attached hydrogens (primary N) is 1. The zero-order chi connectivity index (χ0) is 13.2. The van der Waals surface area contributed by atoms with Crippen LogP contribution in [0.25, 0.3) is 0 Å². The topological polar surface area (TPSA) is 26.0 Å². The Hall–Kier alpha value is -0.340. The van der Waals surface area contributed by atoms with Gasteiger partial charge in [0.1, 0.15) is 0 Å². The summed E-state index contributed by atoms with van der Waals surface area (Å²) in [7, 11) is 0. The number of hydrogen-bond donors (Lipinski definition) is 1. The van der Waals surface area contributed by atoms with Crippen molar-refractivity contribution in [3.63, 3.8) is 0 Å². The first-order chi connectivity index (χ1) is 8.55. The molecule has 2 rings (SSSR count). The van der Waals surface area contributed by atoms with Gasteiger partial charge >= 0.3 is 0 Å². The maximum Gasteiger partial charge on any atom is 0.0420 e. The maximum absolute atomic E-state index is 6.70. The first kappa shape index (κ1) is 14.1.